The summed E-state index contributed by atoms with van der Waals surface area (Å²) in [6.45, 7) is 7.96. The van der Waals surface area contributed by atoms with Crippen LogP contribution in [0.15, 0.2) is 30.3 Å². The monoisotopic (exact) mass is 473 g/mol. The Morgan fingerprint density at radius 1 is 0.900 bits per heavy atom. The Balaban J connectivity index is 1.94. The minimum absolute atomic E-state index is 0.202. The van der Waals surface area contributed by atoms with Gasteiger partial charge in [0.15, 0.2) is 11.5 Å². The molecule has 2 rings (SSSR count). The van der Waals surface area contributed by atoms with Crippen molar-refractivity contribution in [1.29, 1.82) is 0 Å². The highest BCUT2D eigenvalue weighted by atomic mass is 35.5. The van der Waals surface area contributed by atoms with Crippen molar-refractivity contribution in [3.8, 4) is 11.5 Å². The van der Waals surface area contributed by atoms with Gasteiger partial charge >= 0.3 is 0 Å². The van der Waals surface area contributed by atoms with Crippen LogP contribution in [0.3, 0.4) is 0 Å². The first-order chi connectivity index (χ1) is 14.6. The summed E-state index contributed by atoms with van der Waals surface area (Å²) in [5, 5.41) is 5.00. The molecule has 2 aromatic rings. The van der Waals surface area contributed by atoms with Gasteiger partial charge in [0.2, 0.25) is 0 Å². The van der Waals surface area contributed by atoms with E-state index in [2.05, 4.69) is 12.2 Å². The fraction of sp³-hybridized carbons (Fsp3) is 0.478. The standard InChI is InChI=1S/C23H30Cl3NO3/c1-3-5-11-28-12-7-10-27-15-17-13-21(26)23(22(14-17)29-4-2)30-16-18-19(24)8-6-9-20(18)25/h6,8-9,13-14,27H,3-5,7,10-12,15-16H2,1-2H3. The molecule has 7 heteroatoms. The van der Waals surface area contributed by atoms with Crippen LogP contribution >= 0.6 is 34.8 Å². The van der Waals surface area contributed by atoms with Crippen LogP contribution in [0, 0.1) is 0 Å². The number of rotatable bonds is 14. The molecule has 0 spiro atoms. The molecule has 0 saturated heterocycles. The highest BCUT2D eigenvalue weighted by Crippen LogP contribution is 2.38. The Kier molecular flexibility index (Phi) is 11.7. The fourth-order valence-corrected chi connectivity index (χ4v) is 3.62. The lowest BCUT2D eigenvalue weighted by molar-refractivity contribution is 0.129. The zero-order valence-electron chi connectivity index (χ0n) is 17.6. The Morgan fingerprint density at radius 3 is 2.33 bits per heavy atom. The molecule has 0 saturated carbocycles. The minimum Gasteiger partial charge on any atom is -0.490 e. The summed E-state index contributed by atoms with van der Waals surface area (Å²) in [6.07, 6.45) is 3.24. The van der Waals surface area contributed by atoms with Crippen LogP contribution < -0.4 is 14.8 Å². The molecule has 0 heterocycles. The topological polar surface area (TPSA) is 39.7 Å². The van der Waals surface area contributed by atoms with E-state index in [1.165, 1.54) is 0 Å². The molecule has 166 valence electrons. The highest BCUT2D eigenvalue weighted by molar-refractivity contribution is 6.36. The number of ether oxygens (including phenoxy) is 3. The molecule has 0 unspecified atom stereocenters. The van der Waals surface area contributed by atoms with Crippen LogP contribution in [0.25, 0.3) is 0 Å². The maximum absolute atomic E-state index is 6.51. The number of benzene rings is 2. The molecular weight excluding hydrogens is 445 g/mol. The Bertz CT molecular complexity index is 766. The molecule has 0 aliphatic carbocycles. The van der Waals surface area contributed by atoms with E-state index in [0.29, 0.717) is 45.3 Å². The van der Waals surface area contributed by atoms with Crippen LogP contribution in [-0.4, -0.2) is 26.4 Å². The van der Waals surface area contributed by atoms with Crippen LogP contribution in [0.1, 0.15) is 44.2 Å². The molecule has 30 heavy (non-hydrogen) atoms. The smallest absolute Gasteiger partial charge is 0.180 e. The summed E-state index contributed by atoms with van der Waals surface area (Å²) in [5.74, 6) is 1.09. The first-order valence-electron chi connectivity index (χ1n) is 10.4. The van der Waals surface area contributed by atoms with Crippen molar-refractivity contribution in [3.63, 3.8) is 0 Å². The van der Waals surface area contributed by atoms with Crippen LogP contribution in [0.5, 0.6) is 11.5 Å². The van der Waals surface area contributed by atoms with Gasteiger partial charge in [0.25, 0.3) is 0 Å². The molecule has 0 atom stereocenters. The van der Waals surface area contributed by atoms with E-state index in [-0.39, 0.29) is 6.61 Å². The molecule has 0 aromatic heterocycles. The Morgan fingerprint density at radius 2 is 1.63 bits per heavy atom. The van der Waals surface area contributed by atoms with Gasteiger partial charge in [0, 0.05) is 35.4 Å². The fourth-order valence-electron chi connectivity index (χ4n) is 2.82. The third kappa shape index (κ3) is 8.16. The van der Waals surface area contributed by atoms with E-state index < -0.39 is 0 Å². The van der Waals surface area contributed by atoms with Crippen LogP contribution in [0.4, 0.5) is 0 Å². The second-order valence-corrected chi connectivity index (χ2v) is 8.04. The summed E-state index contributed by atoms with van der Waals surface area (Å²) < 4.78 is 17.3. The molecule has 0 aliphatic heterocycles. The average molecular weight is 475 g/mol. The molecule has 0 radical (unpaired) electrons. The molecule has 0 amide bonds. The Labute approximate surface area is 194 Å². The second kappa shape index (κ2) is 14.0. The molecule has 2 aromatic carbocycles. The summed E-state index contributed by atoms with van der Waals surface area (Å²) >= 11 is 19.0. The summed E-state index contributed by atoms with van der Waals surface area (Å²) in [6, 6.07) is 9.19. The molecule has 1 N–H and O–H groups in total. The van der Waals surface area contributed by atoms with Gasteiger partial charge in [-0.05, 0) is 56.1 Å². The zero-order chi connectivity index (χ0) is 21.8. The molecular formula is C23H30Cl3NO3. The van der Waals surface area contributed by atoms with Crippen molar-refractivity contribution in [1.82, 2.24) is 5.32 Å². The van der Waals surface area contributed by atoms with Gasteiger partial charge in [-0.2, -0.15) is 0 Å². The number of hydrogen-bond acceptors (Lipinski definition) is 4. The van der Waals surface area contributed by atoms with Crippen molar-refractivity contribution >= 4 is 34.8 Å². The number of hydrogen-bond donors (Lipinski definition) is 1. The molecule has 0 fully saturated rings. The quantitative estimate of drug-likeness (QED) is 0.302. The average Bonchev–Trinajstić information content (AvgIpc) is 2.71. The van der Waals surface area contributed by atoms with Crippen LogP contribution in [-0.2, 0) is 17.9 Å². The van der Waals surface area contributed by atoms with Gasteiger partial charge in [-0.1, -0.05) is 54.2 Å². The predicted octanol–water partition coefficient (Wildman–Crippen LogP) is 6.92. The molecule has 0 aliphatic rings. The van der Waals surface area contributed by atoms with Crippen molar-refractivity contribution < 1.29 is 14.2 Å². The van der Waals surface area contributed by atoms with Gasteiger partial charge in [-0.15, -0.1) is 0 Å². The van der Waals surface area contributed by atoms with Crippen molar-refractivity contribution in [3.05, 3.63) is 56.5 Å². The summed E-state index contributed by atoms with van der Waals surface area (Å²) in [4.78, 5) is 0. The van der Waals surface area contributed by atoms with Crippen LogP contribution in [0.2, 0.25) is 15.1 Å². The van der Waals surface area contributed by atoms with Crippen molar-refractivity contribution in [2.45, 2.75) is 46.3 Å². The number of halogens is 3. The van der Waals surface area contributed by atoms with Gasteiger partial charge in [-0.25, -0.2) is 0 Å². The lowest BCUT2D eigenvalue weighted by Crippen LogP contribution is -2.16. The first kappa shape index (κ1) is 25.1. The molecule has 4 nitrogen and oxygen atoms in total. The van der Waals surface area contributed by atoms with Gasteiger partial charge < -0.3 is 19.5 Å². The minimum atomic E-state index is 0.202. The highest BCUT2D eigenvalue weighted by Gasteiger charge is 2.15. The van der Waals surface area contributed by atoms with E-state index in [4.69, 9.17) is 49.0 Å². The van der Waals surface area contributed by atoms with Gasteiger partial charge in [0.1, 0.15) is 6.61 Å². The maximum Gasteiger partial charge on any atom is 0.180 e. The molecule has 0 bridgehead atoms. The maximum atomic E-state index is 6.51. The second-order valence-electron chi connectivity index (χ2n) is 6.82. The van der Waals surface area contributed by atoms with E-state index in [1.807, 2.05) is 19.1 Å². The number of unbranched alkanes of at least 4 members (excludes halogenated alkanes) is 1. The van der Waals surface area contributed by atoms with Gasteiger partial charge in [0.05, 0.1) is 11.6 Å². The number of nitrogens with one attached hydrogen (secondary N) is 1. The SMILES string of the molecule is CCCCOCCCNCc1cc(Cl)c(OCc2c(Cl)cccc2Cl)c(OCC)c1. The van der Waals surface area contributed by atoms with E-state index >= 15 is 0 Å². The lowest BCUT2D eigenvalue weighted by Gasteiger charge is -2.16. The Hall–Kier alpha value is -1.17. The predicted molar refractivity (Wildman–Crippen MR) is 125 cm³/mol. The lowest BCUT2D eigenvalue weighted by atomic mass is 10.2. The van der Waals surface area contributed by atoms with Gasteiger partial charge in [-0.3, -0.25) is 0 Å². The third-order valence-electron chi connectivity index (χ3n) is 4.41. The largest absolute Gasteiger partial charge is 0.490 e. The van der Waals surface area contributed by atoms with Crippen molar-refractivity contribution in [2.24, 2.45) is 0 Å². The van der Waals surface area contributed by atoms with E-state index in [9.17, 15) is 0 Å². The third-order valence-corrected chi connectivity index (χ3v) is 5.39. The van der Waals surface area contributed by atoms with E-state index in [1.54, 1.807) is 18.2 Å². The summed E-state index contributed by atoms with van der Waals surface area (Å²) in [5.41, 5.74) is 1.74. The van der Waals surface area contributed by atoms with E-state index in [0.717, 1.165) is 44.6 Å². The summed E-state index contributed by atoms with van der Waals surface area (Å²) in [7, 11) is 0. The zero-order valence-corrected chi connectivity index (χ0v) is 19.9. The first-order valence-corrected chi connectivity index (χ1v) is 11.5. The normalized spacial score (nSPS) is 11.0. The van der Waals surface area contributed by atoms with Crippen molar-refractivity contribution in [2.75, 3.05) is 26.4 Å².